The average molecular weight is 483 g/mol. The zero-order valence-electron chi connectivity index (χ0n) is 19.1. The number of ketones is 2. The zero-order valence-corrected chi connectivity index (χ0v) is 19.1. The summed E-state index contributed by atoms with van der Waals surface area (Å²) in [6.07, 6.45) is 1.64. The number of carbonyl (C=O) groups is 3. The molecule has 5 rings (SSSR count). The van der Waals surface area contributed by atoms with Crippen LogP contribution in [0.25, 0.3) is 11.5 Å². The molecule has 2 heterocycles. The minimum Gasteiger partial charge on any atom is -0.398 e. The molecular weight excluding hydrogens is 460 g/mol. The second-order valence-corrected chi connectivity index (χ2v) is 7.78. The Morgan fingerprint density at radius 2 is 1.42 bits per heavy atom. The molecule has 0 saturated carbocycles. The zero-order chi connectivity index (χ0) is 26.0. The van der Waals surface area contributed by atoms with Crippen molar-refractivity contribution in [2.75, 3.05) is 28.3 Å². The van der Waals surface area contributed by atoms with Gasteiger partial charge in [-0.05, 0) is 24.3 Å². The fraction of sp³-hybridized carbons (Fsp3) is 0.0400. The molecule has 2 aromatic carbocycles. The first-order chi connectivity index (χ1) is 17.2. The molecule has 11 nitrogen and oxygen atoms in total. The molecule has 9 N–H and O–H groups in total. The monoisotopic (exact) mass is 482 g/mol. The molecule has 0 aliphatic heterocycles. The van der Waals surface area contributed by atoms with Gasteiger partial charge in [-0.15, -0.1) is 0 Å². The number of anilines is 5. The average Bonchev–Trinajstić information content (AvgIpc) is 2.86. The lowest BCUT2D eigenvalue weighted by molar-refractivity contribution is -0.114. The van der Waals surface area contributed by atoms with Crippen molar-refractivity contribution in [1.82, 2.24) is 15.0 Å². The first-order valence-electron chi connectivity index (χ1n) is 10.7. The number of amides is 1. The third kappa shape index (κ3) is 4.40. The van der Waals surface area contributed by atoms with Gasteiger partial charge < -0.3 is 28.3 Å². The minimum absolute atomic E-state index is 0.170. The fourth-order valence-electron chi connectivity index (χ4n) is 3.68. The van der Waals surface area contributed by atoms with Gasteiger partial charge >= 0.3 is 0 Å². The Kier molecular flexibility index (Phi) is 6.29. The van der Waals surface area contributed by atoms with E-state index in [1.54, 1.807) is 54.7 Å². The summed E-state index contributed by atoms with van der Waals surface area (Å²) in [4.78, 5) is 48.6. The molecule has 1 aliphatic rings. The fourth-order valence-corrected chi connectivity index (χ4v) is 3.68. The minimum atomic E-state index is -0.345. The number of nitrogens with one attached hydrogen (secondary N) is 1. The van der Waals surface area contributed by atoms with E-state index in [9.17, 15) is 14.4 Å². The molecule has 0 unspecified atom stereocenters. The topological polar surface area (TPSA) is 206 Å². The van der Waals surface area contributed by atoms with Crippen molar-refractivity contribution >= 4 is 46.2 Å². The molecule has 1 aliphatic carbocycles. The van der Waals surface area contributed by atoms with Crippen LogP contribution in [0.15, 0.2) is 60.8 Å². The van der Waals surface area contributed by atoms with Crippen LogP contribution in [-0.4, -0.2) is 32.4 Å². The third-order valence-corrected chi connectivity index (χ3v) is 5.31. The number of rotatable bonds is 2. The van der Waals surface area contributed by atoms with Crippen LogP contribution in [0, 0.1) is 0 Å². The molecule has 0 radical (unpaired) electrons. The first kappa shape index (κ1) is 23.8. The van der Waals surface area contributed by atoms with Crippen molar-refractivity contribution in [3.8, 4) is 11.5 Å². The molecule has 0 saturated heterocycles. The highest BCUT2D eigenvalue weighted by molar-refractivity contribution is 6.32. The van der Waals surface area contributed by atoms with E-state index in [2.05, 4.69) is 20.3 Å². The molecule has 0 atom stereocenters. The van der Waals surface area contributed by atoms with Gasteiger partial charge in [0.2, 0.25) is 5.91 Å². The molecule has 4 aromatic rings. The van der Waals surface area contributed by atoms with E-state index in [0.29, 0.717) is 22.8 Å². The van der Waals surface area contributed by atoms with Gasteiger partial charge in [0.05, 0.1) is 16.8 Å². The van der Waals surface area contributed by atoms with Gasteiger partial charge in [-0.3, -0.25) is 19.4 Å². The summed E-state index contributed by atoms with van der Waals surface area (Å²) in [5.41, 5.74) is 24.9. The molecular formula is C25H22N8O3. The largest absolute Gasteiger partial charge is 0.398 e. The summed E-state index contributed by atoms with van der Waals surface area (Å²) in [6.45, 7) is 1.34. The number of carbonyl (C=O) groups excluding carboxylic acids is 3. The van der Waals surface area contributed by atoms with Gasteiger partial charge in [-0.25, -0.2) is 9.97 Å². The number of nitrogen functional groups attached to an aromatic ring is 4. The predicted molar refractivity (Wildman–Crippen MR) is 137 cm³/mol. The van der Waals surface area contributed by atoms with Crippen molar-refractivity contribution in [2.45, 2.75) is 6.92 Å². The number of hydrogen-bond acceptors (Lipinski definition) is 10. The quantitative estimate of drug-likeness (QED) is 0.232. The van der Waals surface area contributed by atoms with Crippen LogP contribution in [0.2, 0.25) is 0 Å². The smallest absolute Gasteiger partial charge is 0.221 e. The number of pyridine rings is 1. The van der Waals surface area contributed by atoms with Crippen LogP contribution in [0.1, 0.15) is 38.8 Å². The van der Waals surface area contributed by atoms with Gasteiger partial charge in [0, 0.05) is 29.9 Å². The summed E-state index contributed by atoms with van der Waals surface area (Å²) < 4.78 is 0. The molecule has 0 spiro atoms. The highest BCUT2D eigenvalue weighted by Gasteiger charge is 2.33. The maximum Gasteiger partial charge on any atom is 0.221 e. The number of benzene rings is 2. The summed E-state index contributed by atoms with van der Waals surface area (Å²) in [5, 5.41) is 2.58. The lowest BCUT2D eigenvalue weighted by Gasteiger charge is -2.21. The van der Waals surface area contributed by atoms with Crippen molar-refractivity contribution in [1.29, 1.82) is 0 Å². The summed E-state index contributed by atoms with van der Waals surface area (Å²) in [6, 6.07) is 15.0. The Bertz CT molecular complexity index is 1500. The first-order valence-corrected chi connectivity index (χ1v) is 10.7. The van der Waals surface area contributed by atoms with Crippen LogP contribution < -0.4 is 28.3 Å². The second-order valence-electron chi connectivity index (χ2n) is 7.78. The SMILES string of the molecule is CC(=O)Nc1cccc2c1C(=O)c1c(N)cccc1C2=O.Nc1nc(-c2ccccn2)nc(N)c1N. The highest BCUT2D eigenvalue weighted by Crippen LogP contribution is 2.34. The van der Waals surface area contributed by atoms with E-state index in [4.69, 9.17) is 22.9 Å². The molecule has 2 aromatic heterocycles. The molecule has 1 amide bonds. The van der Waals surface area contributed by atoms with Crippen LogP contribution >= 0.6 is 0 Å². The Balaban J connectivity index is 0.000000179. The second kappa shape index (κ2) is 9.50. The van der Waals surface area contributed by atoms with Crippen LogP contribution in [0.4, 0.5) is 28.7 Å². The van der Waals surface area contributed by atoms with E-state index in [1.165, 1.54) is 6.92 Å². The van der Waals surface area contributed by atoms with Gasteiger partial charge in [-0.1, -0.05) is 30.3 Å². The number of nitrogens with zero attached hydrogens (tertiary/aromatic N) is 3. The van der Waals surface area contributed by atoms with Crippen molar-refractivity contribution in [3.05, 3.63) is 83.0 Å². The van der Waals surface area contributed by atoms with Gasteiger partial charge in [0.1, 0.15) is 11.4 Å². The molecule has 0 fully saturated rings. The lowest BCUT2D eigenvalue weighted by atomic mass is 9.82. The Morgan fingerprint density at radius 1 is 0.778 bits per heavy atom. The highest BCUT2D eigenvalue weighted by atomic mass is 16.2. The van der Waals surface area contributed by atoms with Crippen LogP contribution in [0.3, 0.4) is 0 Å². The molecule has 0 bridgehead atoms. The normalized spacial score (nSPS) is 11.6. The van der Waals surface area contributed by atoms with E-state index in [-0.39, 0.29) is 57.2 Å². The Morgan fingerprint density at radius 3 is 2.03 bits per heavy atom. The van der Waals surface area contributed by atoms with Crippen molar-refractivity contribution < 1.29 is 14.4 Å². The van der Waals surface area contributed by atoms with Crippen LogP contribution in [0.5, 0.6) is 0 Å². The van der Waals surface area contributed by atoms with Crippen molar-refractivity contribution in [3.63, 3.8) is 0 Å². The molecule has 36 heavy (non-hydrogen) atoms. The van der Waals surface area contributed by atoms with E-state index in [0.717, 1.165) is 0 Å². The number of nitrogens with two attached hydrogens (primary N) is 4. The lowest BCUT2D eigenvalue weighted by Crippen LogP contribution is -2.24. The number of fused-ring (bicyclic) bond motifs is 2. The Hall–Kier alpha value is -5.32. The summed E-state index contributed by atoms with van der Waals surface area (Å²) in [5.74, 6) is -0.206. The van der Waals surface area contributed by atoms with Gasteiger partial charge in [0.25, 0.3) is 0 Å². The molecule has 11 heteroatoms. The van der Waals surface area contributed by atoms with Gasteiger partial charge in [-0.2, -0.15) is 0 Å². The summed E-state index contributed by atoms with van der Waals surface area (Å²) in [7, 11) is 0. The maximum absolute atomic E-state index is 12.7. The van der Waals surface area contributed by atoms with Crippen LogP contribution in [-0.2, 0) is 4.79 Å². The third-order valence-electron chi connectivity index (χ3n) is 5.31. The van der Waals surface area contributed by atoms with E-state index >= 15 is 0 Å². The van der Waals surface area contributed by atoms with E-state index in [1.807, 2.05) is 6.07 Å². The van der Waals surface area contributed by atoms with E-state index < -0.39 is 0 Å². The Labute approximate surface area is 205 Å². The summed E-state index contributed by atoms with van der Waals surface area (Å²) >= 11 is 0. The maximum atomic E-state index is 12.7. The number of hydrogen-bond donors (Lipinski definition) is 5. The molecule has 180 valence electrons. The standard InChI is InChI=1S/C16H12N2O3.C9H10N6/c1-8(19)18-12-7-3-5-10-14(12)16(21)13-9(15(10)20)4-2-6-11(13)17;10-6-7(11)14-9(15-8(6)12)5-3-1-2-4-13-5/h2-7H,17H2,1H3,(H,18,19);1-4H,10H2,(H4,11,12,14,15). The number of aromatic nitrogens is 3. The van der Waals surface area contributed by atoms with Crippen molar-refractivity contribution in [2.24, 2.45) is 0 Å². The predicted octanol–water partition coefficient (Wildman–Crippen LogP) is 2.29. The van der Waals surface area contributed by atoms with Gasteiger partial charge in [0.15, 0.2) is 29.0 Å².